The van der Waals surface area contributed by atoms with E-state index < -0.39 is 17.3 Å². The third-order valence-corrected chi connectivity index (χ3v) is 3.61. The molecule has 112 valence electrons. The molecular weight excluding hydrogens is 276 g/mol. The lowest BCUT2D eigenvalue weighted by atomic mass is 9.80. The molecule has 0 saturated heterocycles. The third-order valence-electron chi connectivity index (χ3n) is 2.77. The minimum atomic E-state index is -0.793. The second kappa shape index (κ2) is 7.38. The number of nitrogens with one attached hydrogen (secondary N) is 1. The van der Waals surface area contributed by atoms with Gasteiger partial charge in [0.25, 0.3) is 0 Å². The summed E-state index contributed by atoms with van der Waals surface area (Å²) in [6, 6.07) is 0. The largest absolute Gasteiger partial charge is 0.465 e. The van der Waals surface area contributed by atoms with Crippen LogP contribution in [0.5, 0.6) is 0 Å². The van der Waals surface area contributed by atoms with E-state index in [1.165, 1.54) is 0 Å². The summed E-state index contributed by atoms with van der Waals surface area (Å²) >= 11 is 1.55. The van der Waals surface area contributed by atoms with Crippen LogP contribution < -0.4 is 5.32 Å². The first-order valence-electron chi connectivity index (χ1n) is 6.69. The van der Waals surface area contributed by atoms with Crippen LogP contribution in [0.15, 0.2) is 11.6 Å². The minimum Gasteiger partial charge on any atom is -0.465 e. The predicted octanol–water partition coefficient (Wildman–Crippen LogP) is 2.03. The molecule has 0 saturated carbocycles. The average Bonchev–Trinajstić information content (AvgIpc) is 2.80. The Labute approximate surface area is 123 Å². The van der Waals surface area contributed by atoms with Crippen LogP contribution in [-0.2, 0) is 20.7 Å². The number of esters is 1. The maximum absolute atomic E-state index is 12.2. The average molecular weight is 298 g/mol. The smallest absolute Gasteiger partial charge is 0.319 e. The highest BCUT2D eigenvalue weighted by Crippen LogP contribution is 2.27. The van der Waals surface area contributed by atoms with Gasteiger partial charge in [-0.3, -0.25) is 9.59 Å². The van der Waals surface area contributed by atoms with Crippen molar-refractivity contribution in [2.75, 3.05) is 13.2 Å². The molecule has 0 fully saturated rings. The summed E-state index contributed by atoms with van der Waals surface area (Å²) < 4.78 is 4.99. The third kappa shape index (κ3) is 4.92. The fraction of sp³-hybridized carbons (Fsp3) is 0.643. The Hall–Kier alpha value is -1.43. The van der Waals surface area contributed by atoms with E-state index >= 15 is 0 Å². The SMILES string of the molecule is CCOC(=O)C(C(=O)NCCc1nccs1)C(C)(C)C. The van der Waals surface area contributed by atoms with Crippen molar-refractivity contribution in [2.24, 2.45) is 11.3 Å². The summed E-state index contributed by atoms with van der Waals surface area (Å²) in [4.78, 5) is 28.3. The van der Waals surface area contributed by atoms with E-state index in [1.807, 2.05) is 26.2 Å². The van der Waals surface area contributed by atoms with Gasteiger partial charge in [0, 0.05) is 24.5 Å². The monoisotopic (exact) mass is 298 g/mol. The zero-order valence-electron chi connectivity index (χ0n) is 12.4. The molecule has 1 aromatic heterocycles. The van der Waals surface area contributed by atoms with E-state index in [-0.39, 0.29) is 12.5 Å². The molecule has 1 atom stereocenters. The summed E-state index contributed by atoms with van der Waals surface area (Å²) in [6.45, 7) is 8.05. The van der Waals surface area contributed by atoms with Crippen molar-refractivity contribution in [1.82, 2.24) is 10.3 Å². The molecular formula is C14H22N2O3S. The summed E-state index contributed by atoms with van der Waals surface area (Å²) in [5, 5.41) is 5.66. The lowest BCUT2D eigenvalue weighted by Crippen LogP contribution is -2.44. The lowest BCUT2D eigenvalue weighted by molar-refractivity contribution is -0.156. The molecule has 1 unspecified atom stereocenters. The Morgan fingerprint density at radius 2 is 2.15 bits per heavy atom. The lowest BCUT2D eigenvalue weighted by Gasteiger charge is -2.27. The van der Waals surface area contributed by atoms with Crippen LogP contribution in [-0.4, -0.2) is 30.0 Å². The molecule has 1 heterocycles. The molecule has 1 aromatic rings. The number of carbonyl (C=O) groups excluding carboxylic acids is 2. The van der Waals surface area contributed by atoms with Crippen molar-refractivity contribution >= 4 is 23.2 Å². The first-order chi connectivity index (χ1) is 9.36. The summed E-state index contributed by atoms with van der Waals surface area (Å²) in [5.74, 6) is -1.54. The number of carbonyl (C=O) groups is 2. The van der Waals surface area contributed by atoms with Gasteiger partial charge in [0.15, 0.2) is 0 Å². The zero-order chi connectivity index (χ0) is 15.2. The fourth-order valence-corrected chi connectivity index (χ4v) is 2.47. The Morgan fingerprint density at radius 3 is 2.65 bits per heavy atom. The van der Waals surface area contributed by atoms with E-state index in [9.17, 15) is 9.59 Å². The van der Waals surface area contributed by atoms with Crippen LogP contribution in [0.2, 0.25) is 0 Å². The van der Waals surface area contributed by atoms with Crippen LogP contribution in [0.1, 0.15) is 32.7 Å². The van der Waals surface area contributed by atoms with E-state index in [0.29, 0.717) is 13.0 Å². The molecule has 5 nitrogen and oxygen atoms in total. The molecule has 6 heteroatoms. The fourth-order valence-electron chi connectivity index (χ4n) is 1.85. The molecule has 0 radical (unpaired) electrons. The van der Waals surface area contributed by atoms with Gasteiger partial charge < -0.3 is 10.1 Å². The minimum absolute atomic E-state index is 0.276. The first kappa shape index (κ1) is 16.6. The van der Waals surface area contributed by atoms with Crippen molar-refractivity contribution in [1.29, 1.82) is 0 Å². The Balaban J connectivity index is 2.57. The van der Waals surface area contributed by atoms with Crippen LogP contribution in [0.25, 0.3) is 0 Å². The highest BCUT2D eigenvalue weighted by Gasteiger charge is 2.38. The van der Waals surface area contributed by atoms with Gasteiger partial charge in [-0.2, -0.15) is 0 Å². The van der Waals surface area contributed by atoms with E-state index in [0.717, 1.165) is 5.01 Å². The Kier molecular flexibility index (Phi) is 6.13. The first-order valence-corrected chi connectivity index (χ1v) is 7.57. The Morgan fingerprint density at radius 1 is 1.45 bits per heavy atom. The standard InChI is InChI=1S/C14H22N2O3S/c1-5-19-13(18)11(14(2,3)4)12(17)16-7-6-10-15-8-9-20-10/h8-9,11H,5-7H2,1-4H3,(H,16,17). The second-order valence-corrected chi connectivity index (χ2v) is 6.50. The molecule has 0 aromatic carbocycles. The Bertz CT molecular complexity index is 438. The number of hydrogen-bond donors (Lipinski definition) is 1. The molecule has 0 aliphatic rings. The molecule has 1 rings (SSSR count). The van der Waals surface area contributed by atoms with Crippen LogP contribution in [0.4, 0.5) is 0 Å². The number of rotatable bonds is 6. The van der Waals surface area contributed by atoms with Crippen molar-refractivity contribution in [2.45, 2.75) is 34.1 Å². The van der Waals surface area contributed by atoms with Gasteiger partial charge in [-0.25, -0.2) is 4.98 Å². The molecule has 1 N–H and O–H groups in total. The second-order valence-electron chi connectivity index (χ2n) is 5.52. The molecule has 0 spiro atoms. The number of hydrogen-bond acceptors (Lipinski definition) is 5. The zero-order valence-corrected chi connectivity index (χ0v) is 13.3. The van der Waals surface area contributed by atoms with Crippen LogP contribution >= 0.6 is 11.3 Å². The predicted molar refractivity (Wildman–Crippen MR) is 78.4 cm³/mol. The van der Waals surface area contributed by atoms with Crippen molar-refractivity contribution in [3.8, 4) is 0 Å². The summed E-state index contributed by atoms with van der Waals surface area (Å²) in [7, 11) is 0. The van der Waals surface area contributed by atoms with Crippen molar-refractivity contribution < 1.29 is 14.3 Å². The van der Waals surface area contributed by atoms with Crippen LogP contribution in [0.3, 0.4) is 0 Å². The summed E-state index contributed by atoms with van der Waals surface area (Å²) in [6.07, 6.45) is 2.40. The molecule has 0 bridgehead atoms. The normalized spacial score (nSPS) is 12.8. The number of nitrogens with zero attached hydrogens (tertiary/aromatic N) is 1. The number of thiazole rings is 1. The molecule has 0 aliphatic carbocycles. The molecule has 0 aliphatic heterocycles. The topological polar surface area (TPSA) is 68.3 Å². The molecule has 1 amide bonds. The number of amides is 1. The summed E-state index contributed by atoms with van der Waals surface area (Å²) in [5.41, 5.74) is -0.475. The maximum atomic E-state index is 12.2. The van der Waals surface area contributed by atoms with Crippen molar-refractivity contribution in [3.63, 3.8) is 0 Å². The van der Waals surface area contributed by atoms with Crippen LogP contribution in [0, 0.1) is 11.3 Å². The van der Waals surface area contributed by atoms with Gasteiger partial charge >= 0.3 is 5.97 Å². The highest BCUT2D eigenvalue weighted by atomic mass is 32.1. The van der Waals surface area contributed by atoms with Crippen molar-refractivity contribution in [3.05, 3.63) is 16.6 Å². The highest BCUT2D eigenvalue weighted by molar-refractivity contribution is 7.09. The van der Waals surface area contributed by atoms with Gasteiger partial charge in [-0.1, -0.05) is 20.8 Å². The number of ether oxygens (including phenoxy) is 1. The van der Waals surface area contributed by atoms with Gasteiger partial charge in [-0.05, 0) is 12.3 Å². The quantitative estimate of drug-likeness (QED) is 0.644. The van der Waals surface area contributed by atoms with Gasteiger partial charge in [0.2, 0.25) is 5.91 Å². The molecule has 20 heavy (non-hydrogen) atoms. The van der Waals surface area contributed by atoms with E-state index in [2.05, 4.69) is 10.3 Å². The van der Waals surface area contributed by atoms with E-state index in [1.54, 1.807) is 24.5 Å². The maximum Gasteiger partial charge on any atom is 0.319 e. The van der Waals surface area contributed by atoms with Gasteiger partial charge in [0.05, 0.1) is 11.6 Å². The van der Waals surface area contributed by atoms with Gasteiger partial charge in [0.1, 0.15) is 5.92 Å². The number of aromatic nitrogens is 1. The van der Waals surface area contributed by atoms with E-state index in [4.69, 9.17) is 4.74 Å². The van der Waals surface area contributed by atoms with Gasteiger partial charge in [-0.15, -0.1) is 11.3 Å².